The van der Waals surface area contributed by atoms with Crippen LogP contribution in [0.2, 0.25) is 0 Å². The molecule has 0 saturated heterocycles. The van der Waals surface area contributed by atoms with E-state index in [-0.39, 0.29) is 5.78 Å². The second-order valence-electron chi connectivity index (χ2n) is 6.78. The lowest BCUT2D eigenvalue weighted by Crippen LogP contribution is -1.99. The fourth-order valence-corrected chi connectivity index (χ4v) is 3.87. The van der Waals surface area contributed by atoms with Crippen molar-refractivity contribution in [1.29, 1.82) is 0 Å². The lowest BCUT2D eigenvalue weighted by atomic mass is 10.1. The molecule has 3 nitrogen and oxygen atoms in total. The summed E-state index contributed by atoms with van der Waals surface area (Å²) in [4.78, 5) is 13.6. The fourth-order valence-electron chi connectivity index (χ4n) is 3.03. The Morgan fingerprint density at radius 3 is 2.67 bits per heavy atom. The Balaban J connectivity index is 1.53. The number of hydrogen-bond acceptors (Lipinski definition) is 4. The molecule has 0 spiro atoms. The Kier molecular flexibility index (Phi) is 4.58. The Bertz CT molecular complexity index is 1060. The summed E-state index contributed by atoms with van der Waals surface area (Å²) in [5.74, 6) is 1.52. The summed E-state index contributed by atoms with van der Waals surface area (Å²) in [5, 5.41) is 2.01. The van der Waals surface area contributed by atoms with E-state index in [1.165, 1.54) is 11.1 Å². The number of ether oxygens (including phenoxy) is 2. The number of rotatable bonds is 4. The summed E-state index contributed by atoms with van der Waals surface area (Å²) in [6, 6.07) is 13.7. The molecule has 3 aromatic rings. The normalized spacial score (nSPS) is 14.3. The molecular weight excluding hydrogens is 356 g/mol. The molecule has 4 heteroatoms. The molecule has 0 saturated carbocycles. The zero-order chi connectivity index (χ0) is 19.0. The Morgan fingerprint density at radius 2 is 1.89 bits per heavy atom. The van der Waals surface area contributed by atoms with Gasteiger partial charge in [-0.15, -0.1) is 11.3 Å². The van der Waals surface area contributed by atoms with E-state index >= 15 is 0 Å². The monoisotopic (exact) mass is 376 g/mol. The average molecular weight is 376 g/mol. The van der Waals surface area contributed by atoms with Gasteiger partial charge in [0.25, 0.3) is 0 Å². The van der Waals surface area contributed by atoms with Crippen molar-refractivity contribution >= 4 is 23.2 Å². The minimum absolute atomic E-state index is 0.0844. The van der Waals surface area contributed by atoms with Gasteiger partial charge < -0.3 is 9.47 Å². The number of Topliss-reactive ketones (excluding diaryl/α,β-unsaturated/α-hetero) is 1. The van der Waals surface area contributed by atoms with Gasteiger partial charge in [-0.2, -0.15) is 0 Å². The van der Waals surface area contributed by atoms with E-state index in [1.54, 1.807) is 23.5 Å². The van der Waals surface area contributed by atoms with Crippen molar-refractivity contribution in [3.63, 3.8) is 0 Å². The van der Waals surface area contributed by atoms with Crippen LogP contribution in [0.15, 0.2) is 53.6 Å². The lowest BCUT2D eigenvalue weighted by molar-refractivity contribution is 0.101. The van der Waals surface area contributed by atoms with E-state index in [1.807, 2.05) is 30.5 Å². The third-order valence-electron chi connectivity index (χ3n) is 4.70. The van der Waals surface area contributed by atoms with Crippen molar-refractivity contribution in [3.05, 3.63) is 86.3 Å². The molecule has 0 fully saturated rings. The van der Waals surface area contributed by atoms with E-state index < -0.39 is 0 Å². The summed E-state index contributed by atoms with van der Waals surface area (Å²) in [7, 11) is 0. The van der Waals surface area contributed by atoms with Crippen LogP contribution in [-0.2, 0) is 6.61 Å². The molecule has 2 heterocycles. The molecule has 27 heavy (non-hydrogen) atoms. The molecule has 0 aliphatic carbocycles. The summed E-state index contributed by atoms with van der Waals surface area (Å²) < 4.78 is 11.8. The average Bonchev–Trinajstić information content (AvgIpc) is 3.19. The zero-order valence-corrected chi connectivity index (χ0v) is 16.4. The predicted molar refractivity (Wildman–Crippen MR) is 109 cm³/mol. The van der Waals surface area contributed by atoms with Gasteiger partial charge in [-0.1, -0.05) is 23.8 Å². The van der Waals surface area contributed by atoms with Gasteiger partial charge in [-0.05, 0) is 61.0 Å². The second kappa shape index (κ2) is 7.05. The first-order valence-corrected chi connectivity index (χ1v) is 9.70. The molecular formula is C23H20O3S. The van der Waals surface area contributed by atoms with Gasteiger partial charge in [0.1, 0.15) is 18.1 Å². The predicted octanol–water partition coefficient (Wildman–Crippen LogP) is 5.87. The van der Waals surface area contributed by atoms with E-state index in [2.05, 4.69) is 32.0 Å². The van der Waals surface area contributed by atoms with E-state index in [0.717, 1.165) is 16.0 Å². The number of aryl methyl sites for hydroxylation is 3. The molecule has 4 rings (SSSR count). The third-order valence-corrected chi connectivity index (χ3v) is 5.67. The number of hydrogen-bond donors (Lipinski definition) is 0. The minimum Gasteiger partial charge on any atom is -0.489 e. The Morgan fingerprint density at radius 1 is 1.04 bits per heavy atom. The van der Waals surface area contributed by atoms with Gasteiger partial charge in [0, 0.05) is 17.0 Å². The molecule has 0 atom stereocenters. The van der Waals surface area contributed by atoms with Crippen molar-refractivity contribution in [3.8, 4) is 11.5 Å². The molecule has 1 aliphatic heterocycles. The van der Waals surface area contributed by atoms with Crippen molar-refractivity contribution in [2.45, 2.75) is 27.4 Å². The lowest BCUT2D eigenvalue weighted by Gasteiger charge is -2.10. The SMILES string of the molecule is Cc1ccc(C)c(COc2ccc3c(c2)OC(=Cc2sccc2C)C3=O)c1. The number of thiophene rings is 1. The summed E-state index contributed by atoms with van der Waals surface area (Å²) in [6.45, 7) is 6.65. The topological polar surface area (TPSA) is 35.5 Å². The van der Waals surface area contributed by atoms with Gasteiger partial charge in [0.15, 0.2) is 5.76 Å². The van der Waals surface area contributed by atoms with E-state index in [0.29, 0.717) is 29.4 Å². The molecule has 0 unspecified atom stereocenters. The van der Waals surface area contributed by atoms with Crippen LogP contribution < -0.4 is 9.47 Å². The highest BCUT2D eigenvalue weighted by atomic mass is 32.1. The van der Waals surface area contributed by atoms with Crippen LogP contribution in [0.5, 0.6) is 11.5 Å². The van der Waals surface area contributed by atoms with E-state index in [4.69, 9.17) is 9.47 Å². The zero-order valence-electron chi connectivity index (χ0n) is 15.5. The van der Waals surface area contributed by atoms with Crippen LogP contribution in [0, 0.1) is 20.8 Å². The first kappa shape index (κ1) is 17.6. The molecule has 1 aromatic heterocycles. The van der Waals surface area contributed by atoms with Gasteiger partial charge in [-0.3, -0.25) is 4.79 Å². The van der Waals surface area contributed by atoms with Crippen molar-refractivity contribution in [2.24, 2.45) is 0 Å². The molecule has 1 aliphatic rings. The highest BCUT2D eigenvalue weighted by molar-refractivity contribution is 7.11. The minimum atomic E-state index is -0.0844. The third kappa shape index (κ3) is 3.53. The molecule has 0 N–H and O–H groups in total. The quantitative estimate of drug-likeness (QED) is 0.534. The second-order valence-corrected chi connectivity index (χ2v) is 7.73. The highest BCUT2D eigenvalue weighted by Crippen LogP contribution is 2.35. The number of benzene rings is 2. The molecule has 0 amide bonds. The Hall–Kier alpha value is -2.85. The van der Waals surface area contributed by atoms with Crippen LogP contribution in [0.1, 0.15) is 37.5 Å². The van der Waals surface area contributed by atoms with Crippen LogP contribution >= 0.6 is 11.3 Å². The highest BCUT2D eigenvalue weighted by Gasteiger charge is 2.28. The fraction of sp³-hybridized carbons (Fsp3) is 0.174. The number of allylic oxidation sites excluding steroid dienone is 1. The standard InChI is InChI=1S/C23H20O3S/c1-14-4-5-15(2)17(10-14)13-25-18-6-7-19-20(11-18)26-21(23(19)24)12-22-16(3)8-9-27-22/h4-12H,13H2,1-3H3. The summed E-state index contributed by atoms with van der Waals surface area (Å²) >= 11 is 1.60. The van der Waals surface area contributed by atoms with Crippen LogP contribution in [0.3, 0.4) is 0 Å². The summed E-state index contributed by atoms with van der Waals surface area (Å²) in [5.41, 5.74) is 5.28. The molecule has 2 aromatic carbocycles. The maximum Gasteiger partial charge on any atom is 0.232 e. The smallest absolute Gasteiger partial charge is 0.232 e. The number of carbonyl (C=O) groups excluding carboxylic acids is 1. The number of ketones is 1. The van der Waals surface area contributed by atoms with Gasteiger partial charge in [0.05, 0.1) is 5.56 Å². The van der Waals surface area contributed by atoms with Gasteiger partial charge in [0.2, 0.25) is 5.78 Å². The first-order chi connectivity index (χ1) is 13.0. The maximum absolute atomic E-state index is 12.6. The van der Waals surface area contributed by atoms with Crippen molar-refractivity contribution < 1.29 is 14.3 Å². The molecule has 0 bridgehead atoms. The molecule has 136 valence electrons. The van der Waals surface area contributed by atoms with Crippen LogP contribution in [0.4, 0.5) is 0 Å². The number of carbonyl (C=O) groups is 1. The van der Waals surface area contributed by atoms with Crippen LogP contribution in [-0.4, -0.2) is 5.78 Å². The largest absolute Gasteiger partial charge is 0.489 e. The van der Waals surface area contributed by atoms with Crippen molar-refractivity contribution in [2.75, 3.05) is 0 Å². The van der Waals surface area contributed by atoms with Crippen LogP contribution in [0.25, 0.3) is 6.08 Å². The van der Waals surface area contributed by atoms with Gasteiger partial charge >= 0.3 is 0 Å². The molecule has 0 radical (unpaired) electrons. The van der Waals surface area contributed by atoms with Crippen molar-refractivity contribution in [1.82, 2.24) is 0 Å². The first-order valence-electron chi connectivity index (χ1n) is 8.82. The van der Waals surface area contributed by atoms with Gasteiger partial charge in [-0.25, -0.2) is 0 Å². The summed E-state index contributed by atoms with van der Waals surface area (Å²) in [6.07, 6.45) is 1.82. The van der Waals surface area contributed by atoms with E-state index in [9.17, 15) is 4.79 Å². The maximum atomic E-state index is 12.6. The Labute approximate surface area is 162 Å². The number of fused-ring (bicyclic) bond motifs is 1.